The number of aromatic hydroxyl groups is 1. The molecule has 1 aromatic rings. The van der Waals surface area contributed by atoms with Crippen LogP contribution in [0.1, 0.15) is 38.7 Å². The molecule has 0 radical (unpaired) electrons. The van der Waals surface area contributed by atoms with Gasteiger partial charge in [-0.1, -0.05) is 26.0 Å². The average molecular weight is 378 g/mol. The first-order valence-corrected chi connectivity index (χ1v) is 8.72. The van der Waals surface area contributed by atoms with Crippen LogP contribution in [-0.4, -0.2) is 39.8 Å². The van der Waals surface area contributed by atoms with Crippen molar-refractivity contribution in [2.24, 2.45) is 17.6 Å². The molecule has 0 aliphatic heterocycles. The second kappa shape index (κ2) is 10.3. The quantitative estimate of drug-likeness (QED) is 0.452. The van der Waals surface area contributed by atoms with Crippen LogP contribution >= 0.6 is 0 Å². The van der Waals surface area contributed by atoms with Gasteiger partial charge >= 0.3 is 5.97 Å². The summed E-state index contributed by atoms with van der Waals surface area (Å²) in [7, 11) is 0. The van der Waals surface area contributed by atoms with E-state index in [1.54, 1.807) is 19.1 Å². The lowest BCUT2D eigenvalue weighted by molar-refractivity contribution is -0.138. The number of carbonyl (C=O) groups excluding carboxylic acids is 3. The standard InChI is InChI=1S/C19H26N2O6/c1-11(18(20)26)10-16(23)15(7-8-17(24)25)21-19(27)12(2)9-13-3-5-14(22)6-4-13/h3-6,11-12,15,22H,7-10H2,1-2H3,(H2,20,26)(H,21,27)(H,24,25)/t11-,12+,15+/m1/s1. The van der Waals surface area contributed by atoms with Gasteiger partial charge in [0.15, 0.2) is 5.78 Å². The number of carboxylic acids is 1. The second-order valence-corrected chi connectivity index (χ2v) is 6.74. The maximum absolute atomic E-state index is 12.4. The summed E-state index contributed by atoms with van der Waals surface area (Å²) in [5, 5.41) is 20.7. The van der Waals surface area contributed by atoms with Gasteiger partial charge in [-0.3, -0.25) is 19.2 Å². The molecule has 3 atom stereocenters. The van der Waals surface area contributed by atoms with Crippen molar-refractivity contribution in [2.45, 2.75) is 45.6 Å². The molecule has 27 heavy (non-hydrogen) atoms. The fourth-order valence-electron chi connectivity index (χ4n) is 2.52. The normalized spacial score (nSPS) is 14.0. The van der Waals surface area contributed by atoms with Crippen LogP contribution in [0.25, 0.3) is 0 Å². The van der Waals surface area contributed by atoms with E-state index in [4.69, 9.17) is 10.8 Å². The average Bonchev–Trinajstić information content (AvgIpc) is 2.59. The molecule has 1 aromatic carbocycles. The molecule has 1 rings (SSSR count). The first-order chi connectivity index (χ1) is 12.6. The zero-order chi connectivity index (χ0) is 20.6. The summed E-state index contributed by atoms with van der Waals surface area (Å²) >= 11 is 0. The van der Waals surface area contributed by atoms with Crippen LogP contribution < -0.4 is 11.1 Å². The van der Waals surface area contributed by atoms with Gasteiger partial charge in [-0.15, -0.1) is 0 Å². The molecule has 0 bridgehead atoms. The van der Waals surface area contributed by atoms with Crippen LogP contribution in [0.3, 0.4) is 0 Å². The van der Waals surface area contributed by atoms with Gasteiger partial charge in [0.05, 0.1) is 6.04 Å². The summed E-state index contributed by atoms with van der Waals surface area (Å²) in [4.78, 5) is 46.8. The highest BCUT2D eigenvalue weighted by molar-refractivity contribution is 5.92. The Morgan fingerprint density at radius 1 is 1.07 bits per heavy atom. The van der Waals surface area contributed by atoms with Gasteiger partial charge in [-0.25, -0.2) is 0 Å². The van der Waals surface area contributed by atoms with E-state index >= 15 is 0 Å². The number of nitrogens with one attached hydrogen (secondary N) is 1. The molecule has 8 heteroatoms. The van der Waals surface area contributed by atoms with Crippen molar-refractivity contribution in [3.8, 4) is 5.75 Å². The minimum absolute atomic E-state index is 0.0582. The predicted molar refractivity (Wildman–Crippen MR) is 97.8 cm³/mol. The van der Waals surface area contributed by atoms with Crippen molar-refractivity contribution < 1.29 is 29.4 Å². The zero-order valence-electron chi connectivity index (χ0n) is 15.5. The lowest BCUT2D eigenvalue weighted by Crippen LogP contribution is -2.44. The Morgan fingerprint density at radius 3 is 2.19 bits per heavy atom. The van der Waals surface area contributed by atoms with E-state index in [1.807, 2.05) is 0 Å². The molecule has 5 N–H and O–H groups in total. The molecule has 0 unspecified atom stereocenters. The number of benzene rings is 1. The minimum atomic E-state index is -1.08. The molecule has 0 aromatic heterocycles. The van der Waals surface area contributed by atoms with E-state index < -0.39 is 41.4 Å². The molecule has 0 heterocycles. The van der Waals surface area contributed by atoms with E-state index in [0.29, 0.717) is 6.42 Å². The Morgan fingerprint density at radius 2 is 1.67 bits per heavy atom. The molecule has 8 nitrogen and oxygen atoms in total. The Hall–Kier alpha value is -2.90. The minimum Gasteiger partial charge on any atom is -0.508 e. The zero-order valence-corrected chi connectivity index (χ0v) is 15.5. The number of carboxylic acid groups (broad SMARTS) is 1. The Bertz CT molecular complexity index is 686. The van der Waals surface area contributed by atoms with Crippen LogP contribution in [0.2, 0.25) is 0 Å². The van der Waals surface area contributed by atoms with Crippen LogP contribution in [0.4, 0.5) is 0 Å². The summed E-state index contributed by atoms with van der Waals surface area (Å²) < 4.78 is 0. The highest BCUT2D eigenvalue weighted by atomic mass is 16.4. The lowest BCUT2D eigenvalue weighted by atomic mass is 9.95. The van der Waals surface area contributed by atoms with Gasteiger partial charge in [0.2, 0.25) is 11.8 Å². The summed E-state index contributed by atoms with van der Waals surface area (Å²) in [6.07, 6.45) is -0.110. The summed E-state index contributed by atoms with van der Waals surface area (Å²) in [6, 6.07) is 5.44. The molecule has 0 aliphatic rings. The van der Waals surface area contributed by atoms with Crippen molar-refractivity contribution in [1.82, 2.24) is 5.32 Å². The Balaban J connectivity index is 2.74. The summed E-state index contributed by atoms with van der Waals surface area (Å²) in [5.41, 5.74) is 6.00. The number of rotatable bonds is 11. The lowest BCUT2D eigenvalue weighted by Gasteiger charge is -2.21. The maximum Gasteiger partial charge on any atom is 0.303 e. The first kappa shape index (κ1) is 22.1. The van der Waals surface area contributed by atoms with Crippen molar-refractivity contribution in [3.63, 3.8) is 0 Å². The third kappa shape index (κ3) is 7.89. The van der Waals surface area contributed by atoms with Gasteiger partial charge in [0, 0.05) is 24.7 Å². The summed E-state index contributed by atoms with van der Waals surface area (Å²) in [6.45, 7) is 3.19. The summed E-state index contributed by atoms with van der Waals surface area (Å²) in [5.74, 6) is -3.57. The number of primary amides is 1. The Labute approximate surface area is 157 Å². The number of amides is 2. The van der Waals surface area contributed by atoms with Gasteiger partial charge in [-0.2, -0.15) is 0 Å². The van der Waals surface area contributed by atoms with Crippen LogP contribution in [-0.2, 0) is 25.6 Å². The van der Waals surface area contributed by atoms with E-state index in [9.17, 15) is 24.3 Å². The number of aliphatic carboxylic acids is 1. The molecule has 0 aliphatic carbocycles. The molecule has 148 valence electrons. The second-order valence-electron chi connectivity index (χ2n) is 6.74. The Kier molecular flexibility index (Phi) is 8.44. The molecular weight excluding hydrogens is 352 g/mol. The topological polar surface area (TPSA) is 147 Å². The number of ketones is 1. The van der Waals surface area contributed by atoms with Crippen LogP contribution in [0.5, 0.6) is 5.75 Å². The number of Topliss-reactive ketones (excluding diaryl/α,β-unsaturated/α-hetero) is 1. The third-order valence-electron chi connectivity index (χ3n) is 4.27. The number of phenols is 1. The molecular formula is C19H26N2O6. The van der Waals surface area contributed by atoms with Crippen molar-refractivity contribution in [1.29, 1.82) is 0 Å². The van der Waals surface area contributed by atoms with E-state index in [1.165, 1.54) is 19.1 Å². The van der Waals surface area contributed by atoms with Crippen molar-refractivity contribution >= 4 is 23.6 Å². The maximum atomic E-state index is 12.4. The van der Waals surface area contributed by atoms with E-state index in [0.717, 1.165) is 5.56 Å². The van der Waals surface area contributed by atoms with Gasteiger partial charge in [0.1, 0.15) is 5.75 Å². The van der Waals surface area contributed by atoms with Gasteiger partial charge in [0.25, 0.3) is 0 Å². The first-order valence-electron chi connectivity index (χ1n) is 8.72. The fourth-order valence-corrected chi connectivity index (χ4v) is 2.52. The third-order valence-corrected chi connectivity index (χ3v) is 4.27. The largest absolute Gasteiger partial charge is 0.508 e. The highest BCUT2D eigenvalue weighted by Gasteiger charge is 2.26. The van der Waals surface area contributed by atoms with Crippen molar-refractivity contribution in [3.05, 3.63) is 29.8 Å². The van der Waals surface area contributed by atoms with E-state index in [2.05, 4.69) is 5.32 Å². The number of nitrogens with two attached hydrogens (primary N) is 1. The number of carbonyl (C=O) groups is 4. The molecule has 0 spiro atoms. The number of hydrogen-bond acceptors (Lipinski definition) is 5. The van der Waals surface area contributed by atoms with Gasteiger partial charge in [-0.05, 0) is 30.5 Å². The predicted octanol–water partition coefficient (Wildman–Crippen LogP) is 1.00. The number of phenolic OH excluding ortho intramolecular Hbond substituents is 1. The molecule has 0 saturated heterocycles. The van der Waals surface area contributed by atoms with Crippen LogP contribution in [0.15, 0.2) is 24.3 Å². The highest BCUT2D eigenvalue weighted by Crippen LogP contribution is 2.15. The van der Waals surface area contributed by atoms with Crippen LogP contribution in [0, 0.1) is 11.8 Å². The smallest absolute Gasteiger partial charge is 0.303 e. The SMILES string of the molecule is C[C@H](CC(=O)[C@H](CCC(=O)O)NC(=O)[C@@H](C)Cc1ccc(O)cc1)C(N)=O. The molecule has 0 fully saturated rings. The van der Waals surface area contributed by atoms with Gasteiger partial charge < -0.3 is 21.3 Å². The van der Waals surface area contributed by atoms with E-state index in [-0.39, 0.29) is 25.0 Å². The monoisotopic (exact) mass is 378 g/mol. The fraction of sp³-hybridized carbons (Fsp3) is 0.474. The molecule has 0 saturated carbocycles. The molecule has 2 amide bonds. The number of hydrogen-bond donors (Lipinski definition) is 4. The van der Waals surface area contributed by atoms with Crippen molar-refractivity contribution in [2.75, 3.05) is 0 Å².